The summed E-state index contributed by atoms with van der Waals surface area (Å²) in [6.07, 6.45) is 0. The summed E-state index contributed by atoms with van der Waals surface area (Å²) in [6.45, 7) is 17.7. The van der Waals surface area contributed by atoms with Crippen molar-refractivity contribution in [2.45, 2.75) is 65.6 Å². The maximum atomic E-state index is 10.8. The van der Waals surface area contributed by atoms with Crippen LogP contribution in [0.3, 0.4) is 0 Å². The van der Waals surface area contributed by atoms with Crippen LogP contribution < -0.4 is 5.19 Å². The Morgan fingerprint density at radius 1 is 1.00 bits per heavy atom. The van der Waals surface area contributed by atoms with Gasteiger partial charge in [0.15, 0.2) is 8.24 Å². The molecular weight excluding hydrogens is 262 g/mol. The van der Waals surface area contributed by atoms with E-state index in [0.717, 1.165) is 10.8 Å². The van der Waals surface area contributed by atoms with Gasteiger partial charge in [-0.05, 0) is 44.0 Å². The molecule has 0 spiro atoms. The van der Waals surface area contributed by atoms with Gasteiger partial charge in [-0.2, -0.15) is 0 Å². The molecule has 1 aromatic rings. The minimum atomic E-state index is -1.89. The Morgan fingerprint density at radius 2 is 1.50 bits per heavy atom. The number of hydrogen-bond acceptors (Lipinski definition) is 2. The Kier molecular flexibility index (Phi) is 4.48. The number of phenolic OH excluding ortho intramolecular Hbond substituents is 1. The Balaban J connectivity index is 3.41. The summed E-state index contributed by atoms with van der Waals surface area (Å²) in [4.78, 5) is 0. The zero-order valence-electron chi connectivity index (χ0n) is 14.6. The maximum absolute atomic E-state index is 10.8. The van der Waals surface area contributed by atoms with E-state index in [1.165, 1.54) is 0 Å². The fourth-order valence-corrected chi connectivity index (χ4v) is 5.92. The normalized spacial score (nSPS) is 13.9. The van der Waals surface area contributed by atoms with E-state index in [1.807, 2.05) is 6.07 Å². The lowest BCUT2D eigenvalue weighted by atomic mass is 9.86. The third-order valence-corrected chi connectivity index (χ3v) is 8.42. The van der Waals surface area contributed by atoms with Crippen molar-refractivity contribution in [3.8, 4) is 5.75 Å². The van der Waals surface area contributed by atoms with Gasteiger partial charge in [0.1, 0.15) is 5.75 Å². The van der Waals surface area contributed by atoms with Crippen LogP contribution in [-0.2, 0) is 5.41 Å². The summed E-state index contributed by atoms with van der Waals surface area (Å²) in [5.74, 6) is 0.493. The van der Waals surface area contributed by atoms with Crippen LogP contribution in [0.2, 0.25) is 13.1 Å². The predicted octanol–water partition coefficient (Wildman–Crippen LogP) is 3.83. The van der Waals surface area contributed by atoms with E-state index >= 15 is 0 Å². The van der Waals surface area contributed by atoms with Crippen LogP contribution in [-0.4, -0.2) is 30.5 Å². The first-order chi connectivity index (χ1) is 8.79. The molecule has 0 aromatic heterocycles. The summed E-state index contributed by atoms with van der Waals surface area (Å²) < 4.78 is 2.45. The molecule has 0 aliphatic heterocycles. The van der Waals surface area contributed by atoms with Gasteiger partial charge in [-0.1, -0.05) is 52.1 Å². The Labute approximate surface area is 125 Å². The molecule has 0 aliphatic carbocycles. The lowest BCUT2D eigenvalue weighted by Crippen LogP contribution is -2.62. The summed E-state index contributed by atoms with van der Waals surface area (Å²) in [5.41, 5.74) is 1.10. The van der Waals surface area contributed by atoms with Crippen LogP contribution in [0.1, 0.15) is 47.1 Å². The van der Waals surface area contributed by atoms with Crippen LogP contribution >= 0.6 is 0 Å². The molecule has 3 heteroatoms. The predicted molar refractivity (Wildman–Crippen MR) is 91.4 cm³/mol. The SMILES string of the molecule is CN(C(C)(C)C)[Si](C)(C)c1cccc(C(C)(C)C)c1O. The Bertz CT molecular complexity index is 481. The number of hydrogen-bond donors (Lipinski definition) is 1. The van der Waals surface area contributed by atoms with Crippen LogP contribution in [0.15, 0.2) is 18.2 Å². The quantitative estimate of drug-likeness (QED) is 0.838. The summed E-state index contributed by atoms with van der Waals surface area (Å²) in [5, 5.41) is 11.9. The van der Waals surface area contributed by atoms with Crippen molar-refractivity contribution in [2.24, 2.45) is 0 Å². The number of phenols is 1. The molecule has 1 aromatic carbocycles. The smallest absolute Gasteiger partial charge is 0.159 e. The highest BCUT2D eigenvalue weighted by Gasteiger charge is 2.38. The Hall–Kier alpha value is -0.803. The lowest BCUT2D eigenvalue weighted by Gasteiger charge is -2.44. The van der Waals surface area contributed by atoms with E-state index in [1.54, 1.807) is 0 Å². The zero-order valence-corrected chi connectivity index (χ0v) is 15.6. The maximum Gasteiger partial charge on any atom is 0.159 e. The summed E-state index contributed by atoms with van der Waals surface area (Å²) >= 11 is 0. The van der Waals surface area contributed by atoms with Crippen molar-refractivity contribution < 1.29 is 5.11 Å². The highest BCUT2D eigenvalue weighted by molar-refractivity contribution is 6.88. The van der Waals surface area contributed by atoms with E-state index in [9.17, 15) is 5.11 Å². The van der Waals surface area contributed by atoms with Gasteiger partial charge < -0.3 is 9.67 Å². The Morgan fingerprint density at radius 3 is 1.90 bits per heavy atom. The first-order valence-corrected chi connectivity index (χ1v) is 10.3. The van der Waals surface area contributed by atoms with Crippen molar-refractivity contribution in [3.05, 3.63) is 23.8 Å². The zero-order chi connectivity index (χ0) is 15.9. The van der Waals surface area contributed by atoms with Crippen LogP contribution in [0.4, 0.5) is 0 Å². The van der Waals surface area contributed by atoms with E-state index in [2.05, 4.69) is 78.4 Å². The average Bonchev–Trinajstić information content (AvgIpc) is 2.25. The fourth-order valence-electron chi connectivity index (χ4n) is 2.66. The van der Waals surface area contributed by atoms with Crippen molar-refractivity contribution in [1.29, 1.82) is 0 Å². The number of aromatic hydroxyl groups is 1. The number of nitrogens with zero attached hydrogens (tertiary/aromatic N) is 1. The second-order valence-electron chi connectivity index (χ2n) is 8.24. The van der Waals surface area contributed by atoms with E-state index in [4.69, 9.17) is 0 Å². The molecular formula is C17H31NOSi. The van der Waals surface area contributed by atoms with Gasteiger partial charge >= 0.3 is 0 Å². The van der Waals surface area contributed by atoms with Crippen LogP contribution in [0.25, 0.3) is 0 Å². The van der Waals surface area contributed by atoms with Crippen LogP contribution in [0.5, 0.6) is 5.75 Å². The van der Waals surface area contributed by atoms with Gasteiger partial charge in [-0.3, -0.25) is 0 Å². The molecule has 1 N–H and O–H groups in total. The minimum Gasteiger partial charge on any atom is -0.508 e. The molecule has 0 saturated heterocycles. The van der Waals surface area contributed by atoms with Gasteiger partial charge in [0.05, 0.1) is 0 Å². The van der Waals surface area contributed by atoms with Crippen molar-refractivity contribution in [1.82, 2.24) is 4.57 Å². The lowest BCUT2D eigenvalue weighted by molar-refractivity contribution is 0.287. The van der Waals surface area contributed by atoms with Gasteiger partial charge in [0.25, 0.3) is 0 Å². The number of para-hydroxylation sites is 1. The van der Waals surface area contributed by atoms with Gasteiger partial charge in [0.2, 0.25) is 0 Å². The van der Waals surface area contributed by atoms with E-state index < -0.39 is 8.24 Å². The van der Waals surface area contributed by atoms with Crippen molar-refractivity contribution in [2.75, 3.05) is 7.05 Å². The minimum absolute atomic E-state index is 0.0368. The molecule has 0 radical (unpaired) electrons. The fraction of sp³-hybridized carbons (Fsp3) is 0.647. The first-order valence-electron chi connectivity index (χ1n) is 7.36. The van der Waals surface area contributed by atoms with E-state index in [-0.39, 0.29) is 11.0 Å². The molecule has 114 valence electrons. The molecule has 0 bridgehead atoms. The molecule has 0 atom stereocenters. The highest BCUT2D eigenvalue weighted by atomic mass is 28.3. The third kappa shape index (κ3) is 3.26. The summed E-state index contributed by atoms with van der Waals surface area (Å²) in [7, 11) is 0.286. The molecule has 0 aliphatic rings. The monoisotopic (exact) mass is 293 g/mol. The molecule has 20 heavy (non-hydrogen) atoms. The number of benzene rings is 1. The largest absolute Gasteiger partial charge is 0.508 e. The second-order valence-corrected chi connectivity index (χ2v) is 12.6. The summed E-state index contributed by atoms with van der Waals surface area (Å²) in [6, 6.07) is 6.22. The molecule has 0 saturated carbocycles. The third-order valence-electron chi connectivity index (χ3n) is 4.35. The average molecular weight is 294 g/mol. The molecule has 0 heterocycles. The number of rotatable bonds is 2. The molecule has 0 fully saturated rings. The topological polar surface area (TPSA) is 23.5 Å². The van der Waals surface area contributed by atoms with Crippen molar-refractivity contribution in [3.63, 3.8) is 0 Å². The van der Waals surface area contributed by atoms with Gasteiger partial charge in [-0.15, -0.1) is 0 Å². The standard InChI is InChI=1S/C17H31NOSi/c1-16(2,3)13-11-10-12-14(15(13)19)20(8,9)18(7)17(4,5)6/h10-12,19H,1-9H3. The highest BCUT2D eigenvalue weighted by Crippen LogP contribution is 2.31. The molecule has 1 rings (SSSR count). The molecule has 2 nitrogen and oxygen atoms in total. The first kappa shape index (κ1) is 17.2. The van der Waals surface area contributed by atoms with Crippen molar-refractivity contribution >= 4 is 13.4 Å². The van der Waals surface area contributed by atoms with Gasteiger partial charge in [-0.25, -0.2) is 0 Å². The second kappa shape index (κ2) is 5.19. The van der Waals surface area contributed by atoms with Crippen LogP contribution in [0, 0.1) is 0 Å². The molecule has 0 unspecified atom stereocenters. The van der Waals surface area contributed by atoms with Gasteiger partial charge in [0, 0.05) is 5.54 Å². The van der Waals surface area contributed by atoms with E-state index in [0.29, 0.717) is 5.75 Å². The molecule has 0 amide bonds.